The number of halogens is 3. The molecule has 2 aromatic carbocycles. The first-order valence-corrected chi connectivity index (χ1v) is 10.5. The van der Waals surface area contributed by atoms with Gasteiger partial charge in [0.2, 0.25) is 5.91 Å². The Morgan fingerprint density at radius 3 is 2.43 bits per heavy atom. The molecule has 156 valence electrons. The van der Waals surface area contributed by atoms with E-state index in [1.807, 2.05) is 18.2 Å². The highest BCUT2D eigenvalue weighted by Gasteiger charge is 2.22. The van der Waals surface area contributed by atoms with E-state index in [0.717, 1.165) is 42.9 Å². The first-order chi connectivity index (χ1) is 14.4. The Kier molecular flexibility index (Phi) is 6.15. The van der Waals surface area contributed by atoms with Crippen LogP contribution in [0.5, 0.6) is 0 Å². The number of aromatic nitrogens is 2. The second kappa shape index (κ2) is 8.81. The summed E-state index contributed by atoms with van der Waals surface area (Å²) in [6.45, 7) is 3.16. The number of nitrogens with zero attached hydrogens (tertiary/aromatic N) is 4. The summed E-state index contributed by atoms with van der Waals surface area (Å²) < 4.78 is 0. The van der Waals surface area contributed by atoms with E-state index in [1.54, 1.807) is 18.5 Å². The second-order valence-electron chi connectivity index (χ2n) is 7.03. The molecule has 0 spiro atoms. The van der Waals surface area contributed by atoms with Gasteiger partial charge in [-0.3, -0.25) is 9.69 Å². The van der Waals surface area contributed by atoms with Crippen LogP contribution in [0.15, 0.2) is 36.7 Å². The summed E-state index contributed by atoms with van der Waals surface area (Å²) in [4.78, 5) is 25.5. The molecule has 0 bridgehead atoms. The Morgan fingerprint density at radius 2 is 1.73 bits per heavy atom. The summed E-state index contributed by atoms with van der Waals surface area (Å²) >= 11 is 18.4. The zero-order valence-electron chi connectivity index (χ0n) is 15.9. The van der Waals surface area contributed by atoms with Crippen LogP contribution in [0.1, 0.15) is 0 Å². The SMILES string of the molecule is Nc1cc(Cl)c(NC(=O)CN2CCN(c3ncnc4cc(Cl)ccc34)CC2)c(Cl)c1. The highest BCUT2D eigenvalue weighted by Crippen LogP contribution is 2.33. The maximum Gasteiger partial charge on any atom is 0.238 e. The van der Waals surface area contributed by atoms with Crippen molar-refractivity contribution in [1.29, 1.82) is 0 Å². The van der Waals surface area contributed by atoms with Crippen molar-refractivity contribution in [3.05, 3.63) is 51.7 Å². The molecule has 0 atom stereocenters. The standard InChI is InChI=1S/C20H19Cl3N6O/c21-12-1-2-14-17(7-12)25-11-26-20(14)29-5-3-28(4-6-29)10-18(30)27-19-15(22)8-13(24)9-16(19)23/h1-2,7-9,11H,3-6,10,24H2,(H,27,30). The average Bonchev–Trinajstić information content (AvgIpc) is 2.70. The second-order valence-corrected chi connectivity index (χ2v) is 8.28. The van der Waals surface area contributed by atoms with Crippen molar-refractivity contribution in [3.8, 4) is 0 Å². The largest absolute Gasteiger partial charge is 0.399 e. The first-order valence-electron chi connectivity index (χ1n) is 9.32. The number of nitrogen functional groups attached to an aromatic ring is 1. The molecule has 2 heterocycles. The molecule has 30 heavy (non-hydrogen) atoms. The molecule has 0 radical (unpaired) electrons. The maximum absolute atomic E-state index is 12.5. The number of benzene rings is 2. The number of hydrogen-bond donors (Lipinski definition) is 2. The third-order valence-electron chi connectivity index (χ3n) is 4.95. The molecular weight excluding hydrogens is 447 g/mol. The van der Waals surface area contributed by atoms with Crippen molar-refractivity contribution in [2.75, 3.05) is 48.7 Å². The van der Waals surface area contributed by atoms with Crippen LogP contribution in [-0.2, 0) is 4.79 Å². The van der Waals surface area contributed by atoms with Gasteiger partial charge in [-0.15, -0.1) is 0 Å². The number of anilines is 3. The van der Waals surface area contributed by atoms with Gasteiger partial charge in [0.15, 0.2) is 0 Å². The molecule has 4 rings (SSSR count). The Labute approximate surface area is 188 Å². The van der Waals surface area contributed by atoms with E-state index in [4.69, 9.17) is 40.5 Å². The molecule has 7 nitrogen and oxygen atoms in total. The number of nitrogens with one attached hydrogen (secondary N) is 1. The molecule has 1 aromatic heterocycles. The van der Waals surface area contributed by atoms with Gasteiger partial charge in [0, 0.05) is 42.3 Å². The predicted octanol–water partition coefficient (Wildman–Crippen LogP) is 3.93. The van der Waals surface area contributed by atoms with Gasteiger partial charge in [0.05, 0.1) is 27.8 Å². The number of rotatable bonds is 4. The number of hydrogen-bond acceptors (Lipinski definition) is 6. The topological polar surface area (TPSA) is 87.4 Å². The molecule has 1 fully saturated rings. The van der Waals surface area contributed by atoms with Crippen molar-refractivity contribution < 1.29 is 4.79 Å². The van der Waals surface area contributed by atoms with E-state index in [9.17, 15) is 4.79 Å². The lowest BCUT2D eigenvalue weighted by molar-refractivity contribution is -0.117. The van der Waals surface area contributed by atoms with Crippen LogP contribution in [0, 0.1) is 0 Å². The number of carbonyl (C=O) groups is 1. The van der Waals surface area contributed by atoms with E-state index in [1.165, 1.54) is 0 Å². The first kappa shape index (κ1) is 20.9. The van der Waals surface area contributed by atoms with Gasteiger partial charge in [0.25, 0.3) is 0 Å². The van der Waals surface area contributed by atoms with E-state index >= 15 is 0 Å². The Hall–Kier alpha value is -2.32. The third kappa shape index (κ3) is 4.54. The summed E-state index contributed by atoms with van der Waals surface area (Å²) in [5.41, 5.74) is 7.33. The van der Waals surface area contributed by atoms with Crippen LogP contribution in [0.25, 0.3) is 10.9 Å². The molecule has 0 saturated carbocycles. The number of fused-ring (bicyclic) bond motifs is 1. The van der Waals surface area contributed by atoms with Crippen molar-refractivity contribution in [2.24, 2.45) is 0 Å². The number of amides is 1. The fraction of sp³-hybridized carbons (Fsp3) is 0.250. The van der Waals surface area contributed by atoms with Crippen molar-refractivity contribution in [1.82, 2.24) is 14.9 Å². The van der Waals surface area contributed by atoms with Crippen LogP contribution < -0.4 is 16.0 Å². The number of piperazine rings is 1. The van der Waals surface area contributed by atoms with Crippen LogP contribution in [0.2, 0.25) is 15.1 Å². The van der Waals surface area contributed by atoms with E-state index in [0.29, 0.717) is 26.4 Å². The molecular formula is C20H19Cl3N6O. The van der Waals surface area contributed by atoms with Gasteiger partial charge in [0.1, 0.15) is 12.1 Å². The lowest BCUT2D eigenvalue weighted by Gasteiger charge is -2.35. The Bertz CT molecular complexity index is 1080. The Morgan fingerprint density at radius 1 is 1.03 bits per heavy atom. The highest BCUT2D eigenvalue weighted by molar-refractivity contribution is 6.40. The molecule has 1 amide bonds. The molecule has 1 aliphatic heterocycles. The Balaban J connectivity index is 1.38. The minimum atomic E-state index is -0.181. The quantitative estimate of drug-likeness (QED) is 0.568. The molecule has 0 unspecified atom stereocenters. The third-order valence-corrected chi connectivity index (χ3v) is 5.78. The number of nitrogens with two attached hydrogens (primary N) is 1. The van der Waals surface area contributed by atoms with Crippen molar-refractivity contribution in [3.63, 3.8) is 0 Å². The maximum atomic E-state index is 12.5. The van der Waals surface area contributed by atoms with Crippen molar-refractivity contribution in [2.45, 2.75) is 0 Å². The summed E-state index contributed by atoms with van der Waals surface area (Å²) in [5.74, 6) is 0.695. The van der Waals surface area contributed by atoms with Crippen LogP contribution in [-0.4, -0.2) is 53.5 Å². The minimum absolute atomic E-state index is 0.181. The minimum Gasteiger partial charge on any atom is -0.399 e. The lowest BCUT2D eigenvalue weighted by Crippen LogP contribution is -2.49. The van der Waals surface area contributed by atoms with Gasteiger partial charge < -0.3 is 16.0 Å². The summed E-state index contributed by atoms with van der Waals surface area (Å²) in [6.07, 6.45) is 1.55. The van der Waals surface area contributed by atoms with E-state index in [2.05, 4.69) is 25.1 Å². The smallest absolute Gasteiger partial charge is 0.238 e. The summed E-state index contributed by atoms with van der Waals surface area (Å²) in [6, 6.07) is 8.72. The van der Waals surface area contributed by atoms with Crippen molar-refractivity contribution >= 4 is 68.8 Å². The predicted molar refractivity (Wildman–Crippen MR) is 123 cm³/mol. The van der Waals surface area contributed by atoms with Gasteiger partial charge >= 0.3 is 0 Å². The fourth-order valence-corrected chi connectivity index (χ4v) is 4.24. The molecule has 3 N–H and O–H groups in total. The lowest BCUT2D eigenvalue weighted by atomic mass is 10.2. The zero-order valence-corrected chi connectivity index (χ0v) is 18.2. The van der Waals surface area contributed by atoms with Crippen LogP contribution in [0.4, 0.5) is 17.2 Å². The average molecular weight is 466 g/mol. The van der Waals surface area contributed by atoms with Gasteiger partial charge in [-0.2, -0.15) is 0 Å². The van der Waals surface area contributed by atoms with E-state index in [-0.39, 0.29) is 12.5 Å². The molecule has 1 saturated heterocycles. The normalized spacial score (nSPS) is 14.8. The van der Waals surface area contributed by atoms with E-state index < -0.39 is 0 Å². The summed E-state index contributed by atoms with van der Waals surface area (Å²) in [7, 11) is 0. The van der Waals surface area contributed by atoms with Gasteiger partial charge in [-0.1, -0.05) is 34.8 Å². The fourth-order valence-electron chi connectivity index (χ4n) is 3.48. The van der Waals surface area contributed by atoms with Gasteiger partial charge in [-0.05, 0) is 30.3 Å². The van der Waals surface area contributed by atoms with Crippen LogP contribution in [0.3, 0.4) is 0 Å². The highest BCUT2D eigenvalue weighted by atomic mass is 35.5. The van der Waals surface area contributed by atoms with Gasteiger partial charge in [-0.25, -0.2) is 9.97 Å². The molecule has 3 aromatic rings. The number of carbonyl (C=O) groups excluding carboxylic acids is 1. The monoisotopic (exact) mass is 464 g/mol. The zero-order chi connectivity index (χ0) is 21.3. The molecule has 0 aliphatic carbocycles. The molecule has 1 aliphatic rings. The van der Waals surface area contributed by atoms with Crippen LogP contribution >= 0.6 is 34.8 Å². The molecule has 10 heteroatoms. The summed E-state index contributed by atoms with van der Waals surface area (Å²) in [5, 5.41) is 5.01.